The van der Waals surface area contributed by atoms with Crippen molar-refractivity contribution in [2.75, 3.05) is 13.9 Å². The van der Waals surface area contributed by atoms with Crippen LogP contribution in [0.3, 0.4) is 0 Å². The standard InChI is InChI=1S/C10H9F3O3/c1-15-6-16-8-4-2-7(3-5-8)9(14)10(11,12)13/h2-5H,6H2,1H3. The Kier molecular flexibility index (Phi) is 3.89. The van der Waals surface area contributed by atoms with Crippen molar-refractivity contribution in [3.05, 3.63) is 29.8 Å². The first-order valence-corrected chi connectivity index (χ1v) is 4.28. The Labute approximate surface area is 89.8 Å². The van der Waals surface area contributed by atoms with E-state index in [-0.39, 0.29) is 6.79 Å². The van der Waals surface area contributed by atoms with Crippen molar-refractivity contribution in [3.63, 3.8) is 0 Å². The molecule has 0 unspecified atom stereocenters. The van der Waals surface area contributed by atoms with Gasteiger partial charge >= 0.3 is 6.18 Å². The minimum Gasteiger partial charge on any atom is -0.468 e. The number of hydrogen-bond acceptors (Lipinski definition) is 3. The van der Waals surface area contributed by atoms with Gasteiger partial charge in [-0.3, -0.25) is 4.79 Å². The molecule has 0 aliphatic carbocycles. The van der Waals surface area contributed by atoms with Crippen molar-refractivity contribution in [1.82, 2.24) is 0 Å². The van der Waals surface area contributed by atoms with Crippen molar-refractivity contribution in [1.29, 1.82) is 0 Å². The number of ketones is 1. The van der Waals surface area contributed by atoms with Crippen LogP contribution in [0.5, 0.6) is 5.75 Å². The third-order valence-electron chi connectivity index (χ3n) is 1.72. The molecule has 0 bridgehead atoms. The summed E-state index contributed by atoms with van der Waals surface area (Å²) < 4.78 is 45.7. The van der Waals surface area contributed by atoms with Crippen molar-refractivity contribution in [2.45, 2.75) is 6.18 Å². The molecule has 0 radical (unpaired) electrons. The molecule has 0 saturated heterocycles. The second-order valence-corrected chi connectivity index (χ2v) is 2.90. The summed E-state index contributed by atoms with van der Waals surface area (Å²) in [5, 5.41) is 0. The SMILES string of the molecule is COCOc1ccc(C(=O)C(F)(F)F)cc1. The Balaban J connectivity index is 2.75. The zero-order valence-electron chi connectivity index (χ0n) is 8.38. The van der Waals surface area contributed by atoms with Gasteiger partial charge < -0.3 is 9.47 Å². The molecule has 3 nitrogen and oxygen atoms in total. The van der Waals surface area contributed by atoms with E-state index in [0.717, 1.165) is 12.1 Å². The van der Waals surface area contributed by atoms with Gasteiger partial charge in [0.05, 0.1) is 0 Å². The molecule has 0 atom stereocenters. The summed E-state index contributed by atoms with van der Waals surface area (Å²) in [5.41, 5.74) is -0.419. The van der Waals surface area contributed by atoms with Gasteiger partial charge in [0.15, 0.2) is 6.79 Å². The Bertz CT molecular complexity index is 357. The normalized spacial score (nSPS) is 11.2. The summed E-state index contributed by atoms with van der Waals surface area (Å²) in [6, 6.07) is 4.66. The highest BCUT2D eigenvalue weighted by atomic mass is 19.4. The lowest BCUT2D eigenvalue weighted by Gasteiger charge is -2.07. The molecule has 6 heteroatoms. The smallest absolute Gasteiger partial charge is 0.454 e. The molecule has 0 aromatic heterocycles. The number of ether oxygens (including phenoxy) is 2. The van der Waals surface area contributed by atoms with Crippen LogP contribution in [0, 0.1) is 0 Å². The van der Waals surface area contributed by atoms with Crippen LogP contribution in [0.1, 0.15) is 10.4 Å². The van der Waals surface area contributed by atoms with Crippen LogP contribution in [0.15, 0.2) is 24.3 Å². The molecule has 88 valence electrons. The lowest BCUT2D eigenvalue weighted by molar-refractivity contribution is -0.0885. The van der Waals surface area contributed by atoms with E-state index in [9.17, 15) is 18.0 Å². The molecule has 0 spiro atoms. The number of carbonyl (C=O) groups is 1. The fourth-order valence-electron chi connectivity index (χ4n) is 0.993. The lowest BCUT2D eigenvalue weighted by Crippen LogP contribution is -2.22. The minimum atomic E-state index is -4.85. The van der Waals surface area contributed by atoms with E-state index in [0.29, 0.717) is 5.75 Å². The second kappa shape index (κ2) is 4.98. The quantitative estimate of drug-likeness (QED) is 0.592. The Morgan fingerprint density at radius 1 is 1.25 bits per heavy atom. The molecule has 1 aromatic rings. The molecule has 0 aliphatic rings. The number of Topliss-reactive ketones (excluding diaryl/α,β-unsaturated/α-hetero) is 1. The average molecular weight is 234 g/mol. The molecule has 0 saturated carbocycles. The number of benzene rings is 1. The van der Waals surface area contributed by atoms with E-state index >= 15 is 0 Å². The molecular formula is C10H9F3O3. The average Bonchev–Trinajstić information content (AvgIpc) is 2.25. The van der Waals surface area contributed by atoms with Gasteiger partial charge in [-0.15, -0.1) is 0 Å². The van der Waals surface area contributed by atoms with E-state index in [1.165, 1.54) is 19.2 Å². The third-order valence-corrected chi connectivity index (χ3v) is 1.72. The molecule has 1 aromatic carbocycles. The first kappa shape index (κ1) is 12.5. The van der Waals surface area contributed by atoms with Crippen LogP contribution in [0.2, 0.25) is 0 Å². The van der Waals surface area contributed by atoms with Gasteiger partial charge in [0.1, 0.15) is 5.75 Å². The van der Waals surface area contributed by atoms with E-state index in [1.807, 2.05) is 0 Å². The summed E-state index contributed by atoms with van der Waals surface area (Å²) in [6.45, 7) is -0.00738. The Morgan fingerprint density at radius 2 is 1.81 bits per heavy atom. The summed E-state index contributed by atoms with van der Waals surface area (Å²) in [5.74, 6) is -1.54. The monoisotopic (exact) mass is 234 g/mol. The van der Waals surface area contributed by atoms with Gasteiger partial charge in [-0.05, 0) is 24.3 Å². The number of halogens is 3. The van der Waals surface area contributed by atoms with Gasteiger partial charge in [0.2, 0.25) is 0 Å². The van der Waals surface area contributed by atoms with Crippen LogP contribution in [-0.4, -0.2) is 25.9 Å². The molecule has 0 fully saturated rings. The van der Waals surface area contributed by atoms with E-state index in [1.54, 1.807) is 0 Å². The molecule has 0 amide bonds. The number of carbonyl (C=O) groups excluding carboxylic acids is 1. The first-order valence-electron chi connectivity index (χ1n) is 4.28. The molecule has 0 aliphatic heterocycles. The van der Waals surface area contributed by atoms with E-state index < -0.39 is 17.5 Å². The lowest BCUT2D eigenvalue weighted by atomic mass is 10.1. The summed E-state index contributed by atoms with van der Waals surface area (Å²) in [6.07, 6.45) is -4.85. The fraction of sp³-hybridized carbons (Fsp3) is 0.300. The highest BCUT2D eigenvalue weighted by molar-refractivity contribution is 6.00. The van der Waals surface area contributed by atoms with Gasteiger partial charge in [-0.2, -0.15) is 13.2 Å². The van der Waals surface area contributed by atoms with E-state index in [2.05, 4.69) is 4.74 Å². The maximum absolute atomic E-state index is 12.0. The van der Waals surface area contributed by atoms with Gasteiger partial charge in [-0.25, -0.2) is 0 Å². The topological polar surface area (TPSA) is 35.5 Å². The van der Waals surface area contributed by atoms with Crippen molar-refractivity contribution in [2.24, 2.45) is 0 Å². The summed E-state index contributed by atoms with van der Waals surface area (Å²) >= 11 is 0. The highest BCUT2D eigenvalue weighted by Gasteiger charge is 2.39. The molecule has 0 N–H and O–H groups in total. The largest absolute Gasteiger partial charge is 0.468 e. The van der Waals surface area contributed by atoms with E-state index in [4.69, 9.17) is 4.74 Å². The van der Waals surface area contributed by atoms with Crippen molar-refractivity contribution < 1.29 is 27.4 Å². The van der Waals surface area contributed by atoms with Crippen LogP contribution in [0.25, 0.3) is 0 Å². The Morgan fingerprint density at radius 3 is 2.25 bits per heavy atom. The molecule has 0 heterocycles. The number of methoxy groups -OCH3 is 1. The predicted octanol–water partition coefficient (Wildman–Crippen LogP) is 2.41. The number of hydrogen-bond donors (Lipinski definition) is 0. The van der Waals surface area contributed by atoms with Gasteiger partial charge in [-0.1, -0.05) is 0 Å². The zero-order chi connectivity index (χ0) is 12.2. The van der Waals surface area contributed by atoms with Crippen LogP contribution >= 0.6 is 0 Å². The van der Waals surface area contributed by atoms with Crippen LogP contribution in [0.4, 0.5) is 13.2 Å². The maximum atomic E-state index is 12.0. The number of rotatable bonds is 4. The summed E-state index contributed by atoms with van der Waals surface area (Å²) in [7, 11) is 1.42. The fourth-order valence-corrected chi connectivity index (χ4v) is 0.993. The predicted molar refractivity (Wildman–Crippen MR) is 49.3 cm³/mol. The molecule has 16 heavy (non-hydrogen) atoms. The highest BCUT2D eigenvalue weighted by Crippen LogP contribution is 2.22. The van der Waals surface area contributed by atoms with Crippen LogP contribution in [-0.2, 0) is 4.74 Å². The van der Waals surface area contributed by atoms with Crippen molar-refractivity contribution in [3.8, 4) is 5.75 Å². The first-order chi connectivity index (χ1) is 7.45. The second-order valence-electron chi connectivity index (χ2n) is 2.90. The van der Waals surface area contributed by atoms with Crippen molar-refractivity contribution >= 4 is 5.78 Å². The van der Waals surface area contributed by atoms with Gasteiger partial charge in [0, 0.05) is 12.7 Å². The molecular weight excluding hydrogens is 225 g/mol. The number of alkyl halides is 3. The third kappa shape index (κ3) is 3.23. The van der Waals surface area contributed by atoms with Crippen LogP contribution < -0.4 is 4.74 Å². The summed E-state index contributed by atoms with van der Waals surface area (Å²) in [4.78, 5) is 10.8. The van der Waals surface area contributed by atoms with Gasteiger partial charge in [0.25, 0.3) is 5.78 Å². The minimum absolute atomic E-state index is 0.00738. The molecule has 1 rings (SSSR count). The Hall–Kier alpha value is -1.56. The maximum Gasteiger partial charge on any atom is 0.454 e. The zero-order valence-corrected chi connectivity index (χ0v) is 8.38.